The van der Waals surface area contributed by atoms with Gasteiger partial charge in [0.2, 0.25) is 0 Å². The maximum Gasteiger partial charge on any atom is 0.0585 e. The van der Waals surface area contributed by atoms with Gasteiger partial charge in [0, 0.05) is 35.4 Å². The topological polar surface area (TPSA) is 8.17 Å². The summed E-state index contributed by atoms with van der Waals surface area (Å²) in [7, 11) is 0. The predicted octanol–water partition coefficient (Wildman–Crippen LogP) is 5.87. The predicted molar refractivity (Wildman–Crippen MR) is 118 cm³/mol. The van der Waals surface area contributed by atoms with Crippen LogP contribution < -0.4 is 4.90 Å². The number of hydrogen-bond acceptors (Lipinski definition) is 1. The number of aromatic nitrogens is 1. The molecule has 140 valence electrons. The second-order valence-corrected chi connectivity index (χ2v) is 8.02. The average Bonchev–Trinajstić information content (AvgIpc) is 3.02. The largest absolute Gasteiger partial charge is 0.365 e. The van der Waals surface area contributed by atoms with Gasteiger partial charge in [-0.25, -0.2) is 0 Å². The van der Waals surface area contributed by atoms with Crippen molar-refractivity contribution in [2.24, 2.45) is 0 Å². The van der Waals surface area contributed by atoms with Crippen LogP contribution >= 0.6 is 0 Å². The minimum atomic E-state index is 0.928. The summed E-state index contributed by atoms with van der Waals surface area (Å²) in [4.78, 5) is 2.51. The van der Waals surface area contributed by atoms with E-state index in [9.17, 15) is 0 Å². The lowest BCUT2D eigenvalue weighted by Crippen LogP contribution is -2.31. The van der Waals surface area contributed by atoms with Crippen LogP contribution in [0.15, 0.2) is 72.8 Å². The third-order valence-electron chi connectivity index (χ3n) is 6.00. The Kier molecular flexibility index (Phi) is 4.20. The molecule has 0 amide bonds. The summed E-state index contributed by atoms with van der Waals surface area (Å²) in [5.41, 5.74) is 9.71. The van der Waals surface area contributed by atoms with E-state index in [1.54, 1.807) is 0 Å². The molecule has 0 saturated heterocycles. The lowest BCUT2D eigenvalue weighted by Gasteiger charge is -2.30. The standard InChI is InChI=1S/C26H26N2/c1-19-8-11-21(12-9-19)17-28-25-13-10-20(2)16-24(25)23-14-15-27(18-26(23)28)22-6-4-3-5-7-22/h3-13,16H,14-15,17-18H2,1-2H3. The fourth-order valence-corrected chi connectivity index (χ4v) is 4.47. The normalized spacial score (nSPS) is 13.7. The van der Waals surface area contributed by atoms with Gasteiger partial charge in [-0.15, -0.1) is 0 Å². The van der Waals surface area contributed by atoms with E-state index in [0.717, 1.165) is 26.1 Å². The van der Waals surface area contributed by atoms with Crippen LogP contribution in [0.2, 0.25) is 0 Å². The highest BCUT2D eigenvalue weighted by Gasteiger charge is 2.24. The maximum absolute atomic E-state index is 2.55. The molecule has 4 aromatic rings. The Morgan fingerprint density at radius 3 is 2.36 bits per heavy atom. The first-order valence-electron chi connectivity index (χ1n) is 10.2. The molecule has 0 radical (unpaired) electrons. The van der Waals surface area contributed by atoms with Crippen LogP contribution in [0, 0.1) is 13.8 Å². The van der Waals surface area contributed by atoms with Crippen LogP contribution in [0.1, 0.15) is 27.9 Å². The van der Waals surface area contributed by atoms with Crippen LogP contribution in [-0.4, -0.2) is 11.1 Å². The van der Waals surface area contributed by atoms with Gasteiger partial charge in [0.15, 0.2) is 0 Å². The molecule has 0 aliphatic carbocycles. The maximum atomic E-state index is 2.55. The molecule has 1 aromatic heterocycles. The van der Waals surface area contributed by atoms with Crippen molar-refractivity contribution in [2.45, 2.75) is 33.4 Å². The highest BCUT2D eigenvalue weighted by Crippen LogP contribution is 2.34. The Morgan fingerprint density at radius 1 is 0.821 bits per heavy atom. The molecule has 0 unspecified atom stereocenters. The second kappa shape index (κ2) is 6.87. The Labute approximate surface area is 167 Å². The molecule has 1 aliphatic rings. The minimum Gasteiger partial charge on any atom is -0.365 e. The number of anilines is 1. The molecule has 2 heterocycles. The van der Waals surface area contributed by atoms with Crippen LogP contribution in [0.25, 0.3) is 10.9 Å². The summed E-state index contributed by atoms with van der Waals surface area (Å²) < 4.78 is 2.55. The van der Waals surface area contributed by atoms with E-state index in [-0.39, 0.29) is 0 Å². The van der Waals surface area contributed by atoms with E-state index in [1.807, 2.05) is 0 Å². The first-order chi connectivity index (χ1) is 13.7. The van der Waals surface area contributed by atoms with E-state index in [1.165, 1.54) is 44.5 Å². The third kappa shape index (κ3) is 2.99. The molecule has 0 bridgehead atoms. The summed E-state index contributed by atoms with van der Waals surface area (Å²) in [5, 5.41) is 1.44. The molecule has 1 aliphatic heterocycles. The summed E-state index contributed by atoms with van der Waals surface area (Å²) in [6.45, 7) is 7.32. The Hall–Kier alpha value is -3.00. The minimum absolute atomic E-state index is 0.928. The average molecular weight is 367 g/mol. The molecule has 2 nitrogen and oxygen atoms in total. The fourth-order valence-electron chi connectivity index (χ4n) is 4.47. The van der Waals surface area contributed by atoms with Gasteiger partial charge >= 0.3 is 0 Å². The second-order valence-electron chi connectivity index (χ2n) is 8.02. The molecule has 0 spiro atoms. The van der Waals surface area contributed by atoms with Crippen LogP contribution in [0.4, 0.5) is 5.69 Å². The lowest BCUT2D eigenvalue weighted by molar-refractivity contribution is 0.668. The van der Waals surface area contributed by atoms with Crippen LogP contribution in [0.5, 0.6) is 0 Å². The van der Waals surface area contributed by atoms with Gasteiger partial charge in [-0.1, -0.05) is 59.7 Å². The molecule has 2 heteroatoms. The molecule has 28 heavy (non-hydrogen) atoms. The van der Waals surface area contributed by atoms with E-state index < -0.39 is 0 Å². The van der Waals surface area contributed by atoms with Crippen LogP contribution in [-0.2, 0) is 19.5 Å². The highest BCUT2D eigenvalue weighted by molar-refractivity contribution is 5.87. The van der Waals surface area contributed by atoms with E-state index in [0.29, 0.717) is 0 Å². The van der Waals surface area contributed by atoms with Crippen LogP contribution in [0.3, 0.4) is 0 Å². The zero-order valence-corrected chi connectivity index (χ0v) is 16.7. The Morgan fingerprint density at radius 2 is 1.57 bits per heavy atom. The summed E-state index contributed by atoms with van der Waals surface area (Å²) in [6, 6.07) is 26.7. The van der Waals surface area contributed by atoms with E-state index in [4.69, 9.17) is 0 Å². The molecule has 5 rings (SSSR count). The smallest absolute Gasteiger partial charge is 0.0585 e. The number of rotatable bonds is 3. The van der Waals surface area contributed by atoms with Crippen molar-refractivity contribution in [1.29, 1.82) is 0 Å². The van der Waals surface area contributed by atoms with Gasteiger partial charge in [-0.3, -0.25) is 0 Å². The number of benzene rings is 3. The van der Waals surface area contributed by atoms with Gasteiger partial charge < -0.3 is 9.47 Å². The van der Waals surface area contributed by atoms with Gasteiger partial charge in [-0.05, 0) is 55.7 Å². The van der Waals surface area contributed by atoms with Gasteiger partial charge in [0.25, 0.3) is 0 Å². The van der Waals surface area contributed by atoms with Crippen molar-refractivity contribution in [2.75, 3.05) is 11.4 Å². The molecule has 0 atom stereocenters. The van der Waals surface area contributed by atoms with Crippen molar-refractivity contribution in [3.63, 3.8) is 0 Å². The Balaban J connectivity index is 1.61. The van der Waals surface area contributed by atoms with Crippen molar-refractivity contribution < 1.29 is 0 Å². The number of para-hydroxylation sites is 1. The zero-order chi connectivity index (χ0) is 19.1. The van der Waals surface area contributed by atoms with E-state index in [2.05, 4.69) is 96.1 Å². The van der Waals surface area contributed by atoms with Crippen molar-refractivity contribution in [3.8, 4) is 0 Å². The van der Waals surface area contributed by atoms with Crippen molar-refractivity contribution in [3.05, 3.63) is 101 Å². The zero-order valence-electron chi connectivity index (χ0n) is 16.7. The monoisotopic (exact) mass is 366 g/mol. The summed E-state index contributed by atoms with van der Waals surface area (Å²) >= 11 is 0. The molecule has 3 aromatic carbocycles. The summed E-state index contributed by atoms with van der Waals surface area (Å²) in [5.74, 6) is 0. The van der Waals surface area contributed by atoms with Gasteiger partial charge in [0.05, 0.1) is 6.54 Å². The molecule has 0 saturated carbocycles. The molecular weight excluding hydrogens is 340 g/mol. The van der Waals surface area contributed by atoms with E-state index >= 15 is 0 Å². The van der Waals surface area contributed by atoms with Crippen molar-refractivity contribution >= 4 is 16.6 Å². The third-order valence-corrected chi connectivity index (χ3v) is 6.00. The fraction of sp³-hybridized carbons (Fsp3) is 0.231. The van der Waals surface area contributed by atoms with Crippen molar-refractivity contribution in [1.82, 2.24) is 4.57 Å². The SMILES string of the molecule is Cc1ccc(Cn2c3c(c4cc(C)ccc42)CCN(c2ccccc2)C3)cc1. The first kappa shape index (κ1) is 17.1. The lowest BCUT2D eigenvalue weighted by atomic mass is 10.0. The molecular formula is C26H26N2. The molecule has 0 N–H and O–H groups in total. The highest BCUT2D eigenvalue weighted by atomic mass is 15.2. The number of fused-ring (bicyclic) bond motifs is 3. The summed E-state index contributed by atoms with van der Waals surface area (Å²) in [6.07, 6.45) is 1.10. The Bertz CT molecular complexity index is 1120. The number of hydrogen-bond donors (Lipinski definition) is 0. The first-order valence-corrected chi connectivity index (χ1v) is 10.2. The van der Waals surface area contributed by atoms with Gasteiger partial charge in [0.1, 0.15) is 0 Å². The quantitative estimate of drug-likeness (QED) is 0.440. The number of nitrogens with zero attached hydrogens (tertiary/aromatic N) is 2. The number of aryl methyl sites for hydroxylation is 2. The molecule has 0 fully saturated rings. The van der Waals surface area contributed by atoms with Gasteiger partial charge in [-0.2, -0.15) is 0 Å².